The van der Waals surface area contributed by atoms with Gasteiger partial charge in [0, 0.05) is 50.2 Å². The van der Waals surface area contributed by atoms with Crippen LogP contribution in [0.1, 0.15) is 41.1 Å². The monoisotopic (exact) mass is 559 g/mol. The minimum absolute atomic E-state index is 0.0310. The summed E-state index contributed by atoms with van der Waals surface area (Å²) in [5, 5.41) is 10.8. The first-order chi connectivity index (χ1) is 19.9. The number of halogens is 1. The molecule has 2 aromatic carbocycles. The topological polar surface area (TPSA) is 86.6 Å². The average Bonchev–Trinajstić information content (AvgIpc) is 3.59. The van der Waals surface area contributed by atoms with E-state index in [0.717, 1.165) is 50.3 Å². The Hall–Kier alpha value is -3.89. The van der Waals surface area contributed by atoms with Gasteiger partial charge in [-0.2, -0.15) is 0 Å². The molecule has 2 heterocycles. The molecule has 0 radical (unpaired) electrons. The van der Waals surface area contributed by atoms with Crippen LogP contribution in [0.3, 0.4) is 0 Å². The fraction of sp³-hybridized carbons (Fsp3) is 0.419. The molecule has 1 aliphatic carbocycles. The van der Waals surface area contributed by atoms with Crippen molar-refractivity contribution in [2.24, 2.45) is 0 Å². The summed E-state index contributed by atoms with van der Waals surface area (Å²) < 4.78 is 15.0. The number of hydrogen-bond donors (Lipinski definition) is 1. The Morgan fingerprint density at radius 1 is 1.12 bits per heavy atom. The van der Waals surface area contributed by atoms with Crippen molar-refractivity contribution in [3.05, 3.63) is 90.5 Å². The van der Waals surface area contributed by atoms with Gasteiger partial charge < -0.3 is 15.1 Å². The summed E-state index contributed by atoms with van der Waals surface area (Å²) in [5.74, 6) is -0.155. The molecule has 10 heteroatoms. The molecule has 2 fully saturated rings. The molecular weight excluding hydrogens is 521 g/mol. The van der Waals surface area contributed by atoms with E-state index in [-0.39, 0.29) is 17.6 Å². The van der Waals surface area contributed by atoms with Crippen LogP contribution in [0.5, 0.6) is 0 Å². The number of rotatable bonds is 12. The second kappa shape index (κ2) is 13.2. The molecule has 1 aromatic heterocycles. The first-order valence-corrected chi connectivity index (χ1v) is 14.3. The molecule has 9 nitrogen and oxygen atoms in total. The molecule has 1 saturated carbocycles. The molecule has 2 amide bonds. The second-order valence-corrected chi connectivity index (χ2v) is 10.9. The van der Waals surface area contributed by atoms with E-state index in [4.69, 9.17) is 0 Å². The summed E-state index contributed by atoms with van der Waals surface area (Å²) in [4.78, 5) is 33.3. The lowest BCUT2D eigenvalue weighted by atomic mass is 10.1. The van der Waals surface area contributed by atoms with E-state index in [1.54, 1.807) is 41.3 Å². The van der Waals surface area contributed by atoms with Crippen LogP contribution in [-0.2, 0) is 4.79 Å². The highest BCUT2D eigenvalue weighted by Crippen LogP contribution is 2.44. The maximum Gasteiger partial charge on any atom is 0.251 e. The summed E-state index contributed by atoms with van der Waals surface area (Å²) in [6, 6.07) is 13.6. The molecule has 0 spiro atoms. The number of carbonyl (C=O) groups is 2. The molecule has 3 atom stereocenters. The Labute approximate surface area is 240 Å². The molecule has 2 aliphatic rings. The van der Waals surface area contributed by atoms with Crippen LogP contribution in [0.4, 0.5) is 4.39 Å². The van der Waals surface area contributed by atoms with Gasteiger partial charge in [0.1, 0.15) is 11.9 Å². The SMILES string of the molecule is C=CCN(CCC[C@H](NC(=O)c1ccc(-n2ccnn2)cc1)C(=O)N1CCN(C)CC1)C1CC1c1ccc(F)cc1. The standard InChI is InChI=1S/C31H38FN7O2/c1-3-15-37(29-22-27(29)23-6-10-25(32)11-7-23)16-4-5-28(31(41)38-20-18-36(2)19-21-38)34-30(40)24-8-12-26(13-9-24)39-17-14-33-35-39/h3,6-14,17,27-29H,1,4-5,15-16,18-22H2,2H3,(H,34,40)/t27?,28-,29?/m0/s1. The maximum atomic E-state index is 13.6. The fourth-order valence-electron chi connectivity index (χ4n) is 5.57. The molecule has 1 aliphatic heterocycles. The Morgan fingerprint density at radius 2 is 1.85 bits per heavy atom. The number of likely N-dealkylation sites (N-methyl/N-ethyl adjacent to an activating group) is 1. The zero-order chi connectivity index (χ0) is 28.8. The van der Waals surface area contributed by atoms with Gasteiger partial charge >= 0.3 is 0 Å². The average molecular weight is 560 g/mol. The van der Waals surface area contributed by atoms with Crippen LogP contribution in [0.2, 0.25) is 0 Å². The predicted molar refractivity (Wildman–Crippen MR) is 155 cm³/mol. The molecule has 1 N–H and O–H groups in total. The summed E-state index contributed by atoms with van der Waals surface area (Å²) in [6.07, 6.45) is 7.53. The van der Waals surface area contributed by atoms with Gasteiger partial charge in [0.15, 0.2) is 0 Å². The van der Waals surface area contributed by atoms with E-state index in [9.17, 15) is 14.0 Å². The van der Waals surface area contributed by atoms with E-state index in [2.05, 4.69) is 39.1 Å². The largest absolute Gasteiger partial charge is 0.340 e. The summed E-state index contributed by atoms with van der Waals surface area (Å²) in [7, 11) is 2.05. The third-order valence-corrected chi connectivity index (χ3v) is 8.06. The van der Waals surface area contributed by atoms with Gasteiger partial charge in [-0.1, -0.05) is 23.4 Å². The van der Waals surface area contributed by atoms with Gasteiger partial charge in [-0.15, -0.1) is 11.7 Å². The van der Waals surface area contributed by atoms with Crippen molar-refractivity contribution >= 4 is 11.8 Å². The van der Waals surface area contributed by atoms with Crippen molar-refractivity contribution in [3.63, 3.8) is 0 Å². The highest BCUT2D eigenvalue weighted by atomic mass is 19.1. The molecule has 216 valence electrons. The van der Waals surface area contributed by atoms with E-state index in [1.165, 1.54) is 12.1 Å². The first kappa shape index (κ1) is 28.6. The number of hydrogen-bond acceptors (Lipinski definition) is 6. The minimum atomic E-state index is -0.612. The Bertz CT molecular complexity index is 1310. The van der Waals surface area contributed by atoms with Crippen LogP contribution in [0.15, 0.2) is 73.6 Å². The highest BCUT2D eigenvalue weighted by Gasteiger charge is 2.42. The van der Waals surface area contributed by atoms with Crippen LogP contribution in [-0.4, -0.2) is 99.9 Å². The lowest BCUT2D eigenvalue weighted by Gasteiger charge is -2.35. The molecule has 5 rings (SSSR count). The quantitative estimate of drug-likeness (QED) is 0.343. The van der Waals surface area contributed by atoms with Gasteiger partial charge in [-0.05, 0) is 74.8 Å². The van der Waals surface area contributed by atoms with Crippen LogP contribution in [0, 0.1) is 5.82 Å². The Kier molecular flexibility index (Phi) is 9.21. The van der Waals surface area contributed by atoms with E-state index >= 15 is 0 Å². The normalized spacial score (nSPS) is 19.6. The van der Waals surface area contributed by atoms with Crippen LogP contribution >= 0.6 is 0 Å². The maximum absolute atomic E-state index is 13.6. The second-order valence-electron chi connectivity index (χ2n) is 10.9. The highest BCUT2D eigenvalue weighted by molar-refractivity contribution is 5.97. The van der Waals surface area contributed by atoms with Crippen molar-refractivity contribution in [1.29, 1.82) is 0 Å². The van der Waals surface area contributed by atoms with Gasteiger partial charge in [0.05, 0.1) is 18.1 Å². The van der Waals surface area contributed by atoms with Crippen molar-refractivity contribution in [2.45, 2.75) is 37.3 Å². The van der Waals surface area contributed by atoms with E-state index < -0.39 is 6.04 Å². The number of amides is 2. The van der Waals surface area contributed by atoms with Crippen LogP contribution in [0.25, 0.3) is 5.69 Å². The van der Waals surface area contributed by atoms with Gasteiger partial charge in [-0.3, -0.25) is 14.5 Å². The number of nitrogens with one attached hydrogen (secondary N) is 1. The summed E-state index contributed by atoms with van der Waals surface area (Å²) in [5.41, 5.74) is 2.43. The number of carbonyl (C=O) groups excluding carboxylic acids is 2. The molecule has 41 heavy (non-hydrogen) atoms. The van der Waals surface area contributed by atoms with Crippen molar-refractivity contribution < 1.29 is 14.0 Å². The first-order valence-electron chi connectivity index (χ1n) is 14.3. The Morgan fingerprint density at radius 3 is 2.51 bits per heavy atom. The van der Waals surface area contributed by atoms with E-state index in [0.29, 0.717) is 37.0 Å². The number of piperazine rings is 1. The van der Waals surface area contributed by atoms with Gasteiger partial charge in [0.2, 0.25) is 5.91 Å². The molecule has 2 unspecified atom stereocenters. The molecule has 0 bridgehead atoms. The van der Waals surface area contributed by atoms with Crippen molar-refractivity contribution in [3.8, 4) is 5.69 Å². The third-order valence-electron chi connectivity index (χ3n) is 8.06. The fourth-order valence-corrected chi connectivity index (χ4v) is 5.57. The number of aromatic nitrogens is 3. The van der Waals surface area contributed by atoms with Crippen molar-refractivity contribution in [1.82, 2.24) is 35.0 Å². The minimum Gasteiger partial charge on any atom is -0.340 e. The van der Waals surface area contributed by atoms with Gasteiger partial charge in [0.25, 0.3) is 5.91 Å². The Balaban J connectivity index is 1.22. The lowest BCUT2D eigenvalue weighted by Crippen LogP contribution is -2.54. The molecular formula is C31H38FN7O2. The predicted octanol–water partition coefficient (Wildman–Crippen LogP) is 3.10. The third kappa shape index (κ3) is 7.25. The van der Waals surface area contributed by atoms with E-state index in [1.807, 2.05) is 23.1 Å². The zero-order valence-corrected chi connectivity index (χ0v) is 23.5. The number of benzene rings is 2. The lowest BCUT2D eigenvalue weighted by molar-refractivity contribution is -0.135. The van der Waals surface area contributed by atoms with Crippen molar-refractivity contribution in [2.75, 3.05) is 46.3 Å². The summed E-state index contributed by atoms with van der Waals surface area (Å²) >= 11 is 0. The zero-order valence-electron chi connectivity index (χ0n) is 23.5. The smallest absolute Gasteiger partial charge is 0.251 e. The molecule has 3 aromatic rings. The number of nitrogens with zero attached hydrogens (tertiary/aromatic N) is 6. The molecule has 1 saturated heterocycles. The van der Waals surface area contributed by atoms with Crippen LogP contribution < -0.4 is 5.32 Å². The van der Waals surface area contributed by atoms with Gasteiger partial charge in [-0.25, -0.2) is 9.07 Å². The summed E-state index contributed by atoms with van der Waals surface area (Å²) in [6.45, 7) is 8.39.